The van der Waals surface area contributed by atoms with Gasteiger partial charge < -0.3 is 10.2 Å². The molecule has 94 valence electrons. The highest BCUT2D eigenvalue weighted by Gasteiger charge is 2.10. The van der Waals surface area contributed by atoms with Crippen molar-refractivity contribution >= 4 is 39.3 Å². The Hall–Kier alpha value is -0.810. The number of aromatic nitrogens is 1. The Morgan fingerprint density at radius 1 is 1.53 bits per heavy atom. The molecule has 0 unspecified atom stereocenters. The Morgan fingerprint density at radius 2 is 2.18 bits per heavy atom. The topological polar surface area (TPSA) is 45.2 Å². The lowest BCUT2D eigenvalue weighted by Gasteiger charge is -2.19. The van der Waals surface area contributed by atoms with Crippen molar-refractivity contribution in [1.82, 2.24) is 9.88 Å². The highest BCUT2D eigenvalue weighted by Crippen LogP contribution is 2.22. The van der Waals surface area contributed by atoms with Gasteiger partial charge in [-0.05, 0) is 35.8 Å². The Labute approximate surface area is 114 Å². The predicted molar refractivity (Wildman–Crippen MR) is 73.4 cm³/mol. The predicted octanol–water partition coefficient (Wildman–Crippen LogP) is 2.78. The zero-order valence-electron chi connectivity index (χ0n) is 9.83. The van der Waals surface area contributed by atoms with Crippen molar-refractivity contribution in [1.29, 1.82) is 0 Å². The Kier molecular flexibility index (Phi) is 5.71. The quantitative estimate of drug-likeness (QED) is 0.907. The number of amides is 1. The standard InChI is InChI=1S/C11H15BrClN3O/c1-3-16(4-2)10(17)7-15-11-9(13)5-8(12)6-14-11/h5-6H,3-4,7H2,1-2H3,(H,14,15). The van der Waals surface area contributed by atoms with E-state index in [2.05, 4.69) is 26.2 Å². The number of likely N-dealkylation sites (N-methyl/N-ethyl adjacent to an activating group) is 1. The van der Waals surface area contributed by atoms with Crippen molar-refractivity contribution in [3.63, 3.8) is 0 Å². The fourth-order valence-electron chi connectivity index (χ4n) is 1.39. The number of rotatable bonds is 5. The molecule has 0 aliphatic rings. The SMILES string of the molecule is CCN(CC)C(=O)CNc1ncc(Br)cc1Cl. The lowest BCUT2D eigenvalue weighted by Crippen LogP contribution is -2.35. The van der Waals surface area contributed by atoms with Gasteiger partial charge in [0.05, 0.1) is 11.6 Å². The minimum absolute atomic E-state index is 0.0378. The molecule has 1 N–H and O–H groups in total. The number of halogens is 2. The van der Waals surface area contributed by atoms with Crippen LogP contribution in [0.2, 0.25) is 5.02 Å². The van der Waals surface area contributed by atoms with Crippen LogP contribution >= 0.6 is 27.5 Å². The van der Waals surface area contributed by atoms with Crippen molar-refractivity contribution in [3.05, 3.63) is 21.8 Å². The van der Waals surface area contributed by atoms with Crippen LogP contribution in [0.4, 0.5) is 5.82 Å². The van der Waals surface area contributed by atoms with Crippen LogP contribution in [0.25, 0.3) is 0 Å². The molecular weight excluding hydrogens is 305 g/mol. The van der Waals surface area contributed by atoms with Crippen LogP contribution in [-0.4, -0.2) is 35.4 Å². The van der Waals surface area contributed by atoms with E-state index in [1.165, 1.54) is 0 Å². The smallest absolute Gasteiger partial charge is 0.241 e. The average Bonchev–Trinajstić information content (AvgIpc) is 2.29. The minimum atomic E-state index is 0.0378. The highest BCUT2D eigenvalue weighted by atomic mass is 79.9. The monoisotopic (exact) mass is 319 g/mol. The van der Waals surface area contributed by atoms with Gasteiger partial charge in [0.1, 0.15) is 5.82 Å². The summed E-state index contributed by atoms with van der Waals surface area (Å²) in [6, 6.07) is 1.73. The number of anilines is 1. The molecule has 0 aromatic carbocycles. The molecule has 0 saturated heterocycles. The van der Waals surface area contributed by atoms with E-state index in [9.17, 15) is 4.79 Å². The molecule has 4 nitrogen and oxygen atoms in total. The normalized spacial score (nSPS) is 10.1. The first-order chi connectivity index (χ1) is 8.08. The number of nitrogens with one attached hydrogen (secondary N) is 1. The second-order valence-electron chi connectivity index (χ2n) is 3.40. The van der Waals surface area contributed by atoms with Gasteiger partial charge in [0.15, 0.2) is 0 Å². The highest BCUT2D eigenvalue weighted by molar-refractivity contribution is 9.10. The van der Waals surface area contributed by atoms with Gasteiger partial charge in [0, 0.05) is 23.8 Å². The van der Waals surface area contributed by atoms with Crippen molar-refractivity contribution in [3.8, 4) is 0 Å². The van der Waals surface area contributed by atoms with Crippen LogP contribution in [0.5, 0.6) is 0 Å². The van der Waals surface area contributed by atoms with Gasteiger partial charge in [0.25, 0.3) is 0 Å². The molecule has 1 rings (SSSR count). The molecule has 17 heavy (non-hydrogen) atoms. The van der Waals surface area contributed by atoms with Gasteiger partial charge in [-0.25, -0.2) is 4.98 Å². The molecule has 1 amide bonds. The third-order valence-electron chi connectivity index (χ3n) is 2.33. The fraction of sp³-hybridized carbons (Fsp3) is 0.455. The molecule has 0 fully saturated rings. The van der Waals surface area contributed by atoms with E-state index in [0.29, 0.717) is 23.9 Å². The third kappa shape index (κ3) is 4.16. The molecule has 1 heterocycles. The molecule has 0 saturated carbocycles. The summed E-state index contributed by atoms with van der Waals surface area (Å²) in [7, 11) is 0. The molecule has 0 radical (unpaired) electrons. The molecule has 0 aliphatic carbocycles. The maximum absolute atomic E-state index is 11.7. The van der Waals surface area contributed by atoms with Gasteiger partial charge in [-0.1, -0.05) is 11.6 Å². The molecule has 0 atom stereocenters. The molecular formula is C11H15BrClN3O. The summed E-state index contributed by atoms with van der Waals surface area (Å²) in [6.07, 6.45) is 1.64. The van der Waals surface area contributed by atoms with Crippen LogP contribution in [0.1, 0.15) is 13.8 Å². The van der Waals surface area contributed by atoms with E-state index in [-0.39, 0.29) is 12.5 Å². The van der Waals surface area contributed by atoms with Gasteiger partial charge in [-0.15, -0.1) is 0 Å². The second-order valence-corrected chi connectivity index (χ2v) is 4.73. The Morgan fingerprint density at radius 3 is 2.71 bits per heavy atom. The zero-order chi connectivity index (χ0) is 12.8. The van der Waals surface area contributed by atoms with E-state index in [1.807, 2.05) is 13.8 Å². The first-order valence-corrected chi connectivity index (χ1v) is 6.58. The Bertz CT molecular complexity index is 396. The van der Waals surface area contributed by atoms with E-state index in [4.69, 9.17) is 11.6 Å². The largest absolute Gasteiger partial charge is 0.360 e. The first-order valence-electron chi connectivity index (χ1n) is 5.41. The maximum atomic E-state index is 11.7. The van der Waals surface area contributed by atoms with Crippen LogP contribution < -0.4 is 5.32 Å². The summed E-state index contributed by atoms with van der Waals surface area (Å²) in [4.78, 5) is 17.6. The second kappa shape index (κ2) is 6.81. The molecule has 1 aromatic heterocycles. The van der Waals surface area contributed by atoms with Gasteiger partial charge in [-0.2, -0.15) is 0 Å². The summed E-state index contributed by atoms with van der Waals surface area (Å²) >= 11 is 9.25. The van der Waals surface area contributed by atoms with Crippen LogP contribution in [0, 0.1) is 0 Å². The summed E-state index contributed by atoms with van der Waals surface area (Å²) in [5, 5.41) is 3.43. The van der Waals surface area contributed by atoms with E-state index in [0.717, 1.165) is 4.47 Å². The van der Waals surface area contributed by atoms with Gasteiger partial charge >= 0.3 is 0 Å². The maximum Gasteiger partial charge on any atom is 0.241 e. The Balaban J connectivity index is 2.58. The number of hydrogen-bond acceptors (Lipinski definition) is 3. The van der Waals surface area contributed by atoms with E-state index < -0.39 is 0 Å². The van der Waals surface area contributed by atoms with Crippen molar-refractivity contribution in [2.24, 2.45) is 0 Å². The van der Waals surface area contributed by atoms with Crippen LogP contribution in [-0.2, 0) is 4.79 Å². The van der Waals surface area contributed by atoms with Gasteiger partial charge in [0.2, 0.25) is 5.91 Å². The van der Waals surface area contributed by atoms with E-state index >= 15 is 0 Å². The van der Waals surface area contributed by atoms with Crippen LogP contribution in [0.15, 0.2) is 16.7 Å². The first kappa shape index (κ1) is 14.3. The number of hydrogen-bond donors (Lipinski definition) is 1. The summed E-state index contributed by atoms with van der Waals surface area (Å²) in [5.74, 6) is 0.561. The van der Waals surface area contributed by atoms with Crippen LogP contribution in [0.3, 0.4) is 0 Å². The van der Waals surface area contributed by atoms with Gasteiger partial charge in [-0.3, -0.25) is 4.79 Å². The molecule has 6 heteroatoms. The lowest BCUT2D eigenvalue weighted by molar-refractivity contribution is -0.128. The number of carbonyl (C=O) groups is 1. The molecule has 0 bridgehead atoms. The summed E-state index contributed by atoms with van der Waals surface area (Å²) < 4.78 is 0.808. The summed E-state index contributed by atoms with van der Waals surface area (Å²) in [6.45, 7) is 5.52. The number of nitrogens with zero attached hydrogens (tertiary/aromatic N) is 2. The molecule has 0 aliphatic heterocycles. The van der Waals surface area contributed by atoms with Crippen molar-refractivity contribution in [2.45, 2.75) is 13.8 Å². The van der Waals surface area contributed by atoms with Crippen molar-refractivity contribution in [2.75, 3.05) is 25.0 Å². The fourth-order valence-corrected chi connectivity index (χ4v) is 2.09. The summed E-state index contributed by atoms with van der Waals surface area (Å²) in [5.41, 5.74) is 0. The number of pyridine rings is 1. The van der Waals surface area contributed by atoms with E-state index in [1.54, 1.807) is 17.2 Å². The number of carbonyl (C=O) groups excluding carboxylic acids is 1. The van der Waals surface area contributed by atoms with Crippen molar-refractivity contribution < 1.29 is 4.79 Å². The minimum Gasteiger partial charge on any atom is -0.360 e. The molecule has 1 aromatic rings. The molecule has 0 spiro atoms. The lowest BCUT2D eigenvalue weighted by atomic mass is 10.4. The average molecular weight is 321 g/mol. The zero-order valence-corrected chi connectivity index (χ0v) is 12.2. The third-order valence-corrected chi connectivity index (χ3v) is 3.05.